The van der Waals surface area contributed by atoms with Gasteiger partial charge in [0, 0.05) is 20.1 Å². The van der Waals surface area contributed by atoms with E-state index in [1.807, 2.05) is 0 Å². The third kappa shape index (κ3) is 9.71. The third-order valence-electron chi connectivity index (χ3n) is 4.89. The maximum atomic E-state index is 12.8. The highest BCUT2D eigenvalue weighted by atomic mass is 127. The Balaban J connectivity index is 0.00000450. The molecule has 0 radical (unpaired) electrons. The van der Waals surface area contributed by atoms with Crippen LogP contribution in [-0.2, 0) is 12.7 Å². The van der Waals surface area contributed by atoms with Crippen molar-refractivity contribution in [1.82, 2.24) is 15.5 Å². The molecule has 1 aromatic carbocycles. The van der Waals surface area contributed by atoms with Crippen molar-refractivity contribution in [3.8, 4) is 0 Å². The van der Waals surface area contributed by atoms with Crippen molar-refractivity contribution < 1.29 is 26.3 Å². The molecular formula is C19H27F6IN4. The zero-order valence-corrected chi connectivity index (χ0v) is 18.9. The van der Waals surface area contributed by atoms with Crippen LogP contribution in [0.3, 0.4) is 0 Å². The molecule has 172 valence electrons. The van der Waals surface area contributed by atoms with Crippen molar-refractivity contribution in [2.75, 3.05) is 33.2 Å². The lowest BCUT2D eigenvalue weighted by atomic mass is 9.93. The Hall–Kier alpha value is -1.24. The molecule has 4 nitrogen and oxygen atoms in total. The Kier molecular flexibility index (Phi) is 10.7. The van der Waals surface area contributed by atoms with Crippen LogP contribution in [0.4, 0.5) is 26.3 Å². The molecule has 1 fully saturated rings. The third-order valence-corrected chi connectivity index (χ3v) is 4.89. The fourth-order valence-electron chi connectivity index (χ4n) is 3.35. The number of benzene rings is 1. The second kappa shape index (κ2) is 12.0. The van der Waals surface area contributed by atoms with Crippen molar-refractivity contribution in [1.29, 1.82) is 0 Å². The molecule has 0 atom stereocenters. The average molecular weight is 552 g/mol. The lowest BCUT2D eigenvalue weighted by Gasteiger charge is -2.32. The zero-order chi connectivity index (χ0) is 21.5. The first-order valence-corrected chi connectivity index (χ1v) is 9.46. The van der Waals surface area contributed by atoms with Crippen molar-refractivity contribution in [2.45, 2.75) is 38.2 Å². The number of nitrogens with one attached hydrogen (secondary N) is 2. The van der Waals surface area contributed by atoms with E-state index in [0.29, 0.717) is 49.9 Å². The zero-order valence-electron chi connectivity index (χ0n) is 16.6. The Morgan fingerprint density at radius 1 is 1.10 bits per heavy atom. The topological polar surface area (TPSA) is 39.7 Å². The fraction of sp³-hybridized carbons (Fsp3) is 0.632. The predicted molar refractivity (Wildman–Crippen MR) is 115 cm³/mol. The summed E-state index contributed by atoms with van der Waals surface area (Å²) in [7, 11) is 1.57. The van der Waals surface area contributed by atoms with Crippen LogP contribution in [0.1, 0.15) is 30.4 Å². The maximum Gasteiger partial charge on any atom is 0.416 e. The molecule has 1 saturated heterocycles. The Morgan fingerprint density at radius 3 is 2.33 bits per heavy atom. The van der Waals surface area contributed by atoms with E-state index < -0.39 is 24.5 Å². The van der Waals surface area contributed by atoms with Crippen molar-refractivity contribution >= 4 is 29.9 Å². The Morgan fingerprint density at radius 2 is 1.77 bits per heavy atom. The minimum Gasteiger partial charge on any atom is -0.356 e. The summed E-state index contributed by atoms with van der Waals surface area (Å²) < 4.78 is 75.5. The number of halogens is 7. The van der Waals surface area contributed by atoms with Crippen LogP contribution in [0.2, 0.25) is 0 Å². The van der Waals surface area contributed by atoms with E-state index in [1.165, 1.54) is 11.0 Å². The van der Waals surface area contributed by atoms with Gasteiger partial charge in [0.15, 0.2) is 5.96 Å². The maximum absolute atomic E-state index is 12.8. The van der Waals surface area contributed by atoms with E-state index in [9.17, 15) is 26.3 Å². The van der Waals surface area contributed by atoms with Gasteiger partial charge in [0.25, 0.3) is 0 Å². The number of alkyl halides is 6. The van der Waals surface area contributed by atoms with Crippen LogP contribution in [0.25, 0.3) is 0 Å². The largest absolute Gasteiger partial charge is 0.416 e. The van der Waals surface area contributed by atoms with Gasteiger partial charge in [-0.2, -0.15) is 26.3 Å². The van der Waals surface area contributed by atoms with E-state index in [0.717, 1.165) is 18.6 Å². The van der Waals surface area contributed by atoms with Gasteiger partial charge >= 0.3 is 12.4 Å². The van der Waals surface area contributed by atoms with Crippen LogP contribution in [0.15, 0.2) is 29.3 Å². The quantitative estimate of drug-likeness (QED) is 0.234. The number of piperidine rings is 1. The smallest absolute Gasteiger partial charge is 0.356 e. The molecule has 0 aliphatic carbocycles. The summed E-state index contributed by atoms with van der Waals surface area (Å²) in [5, 5.41) is 6.08. The van der Waals surface area contributed by atoms with Gasteiger partial charge in [-0.15, -0.1) is 24.0 Å². The summed E-state index contributed by atoms with van der Waals surface area (Å²) in [6, 6.07) is 5.08. The van der Waals surface area contributed by atoms with Crippen LogP contribution < -0.4 is 10.6 Å². The van der Waals surface area contributed by atoms with Gasteiger partial charge in [-0.25, -0.2) is 0 Å². The Bertz CT molecular complexity index is 670. The van der Waals surface area contributed by atoms with Gasteiger partial charge in [0.1, 0.15) is 0 Å². The van der Waals surface area contributed by atoms with E-state index in [-0.39, 0.29) is 30.5 Å². The first kappa shape index (κ1) is 26.8. The summed E-state index contributed by atoms with van der Waals surface area (Å²) >= 11 is 0. The number of nitrogens with zero attached hydrogens (tertiary/aromatic N) is 2. The molecule has 0 unspecified atom stereocenters. The molecule has 1 aromatic rings. The molecule has 1 heterocycles. The van der Waals surface area contributed by atoms with E-state index in [4.69, 9.17) is 0 Å². The number of hydrogen-bond acceptors (Lipinski definition) is 2. The highest BCUT2D eigenvalue weighted by Crippen LogP contribution is 2.29. The second-order valence-corrected chi connectivity index (χ2v) is 7.17. The number of guanidine groups is 1. The summed E-state index contributed by atoms with van der Waals surface area (Å²) in [5.41, 5.74) is -0.212. The molecule has 0 bridgehead atoms. The Labute approximate surface area is 189 Å². The molecule has 2 N–H and O–H groups in total. The molecule has 30 heavy (non-hydrogen) atoms. The molecule has 0 saturated carbocycles. The fourth-order valence-corrected chi connectivity index (χ4v) is 3.35. The SMILES string of the molecule is CN=C(NCCC1CCN(CC(F)(F)F)CC1)NCc1cccc(C(F)(F)F)c1.I. The molecule has 11 heteroatoms. The van der Waals surface area contributed by atoms with Gasteiger partial charge in [-0.05, 0) is 56.0 Å². The monoisotopic (exact) mass is 552 g/mol. The number of aliphatic imine (C=N–C) groups is 1. The van der Waals surface area contributed by atoms with Gasteiger partial charge in [-0.3, -0.25) is 9.89 Å². The van der Waals surface area contributed by atoms with Gasteiger partial charge < -0.3 is 10.6 Å². The van der Waals surface area contributed by atoms with Crippen LogP contribution in [-0.4, -0.2) is 50.3 Å². The summed E-state index contributed by atoms with van der Waals surface area (Å²) in [4.78, 5) is 5.48. The molecule has 0 amide bonds. The minimum absolute atomic E-state index is 0. The highest BCUT2D eigenvalue weighted by molar-refractivity contribution is 14.0. The molecular weight excluding hydrogens is 525 g/mol. The summed E-state index contributed by atoms with van der Waals surface area (Å²) in [6.07, 6.45) is -6.32. The van der Waals surface area contributed by atoms with Gasteiger partial charge in [-0.1, -0.05) is 12.1 Å². The van der Waals surface area contributed by atoms with Crippen LogP contribution >= 0.6 is 24.0 Å². The summed E-state index contributed by atoms with van der Waals surface area (Å²) in [5.74, 6) is 0.811. The van der Waals surface area contributed by atoms with Crippen LogP contribution in [0.5, 0.6) is 0 Å². The molecule has 0 spiro atoms. The predicted octanol–water partition coefficient (Wildman–Crippen LogP) is 4.65. The highest BCUT2D eigenvalue weighted by Gasteiger charge is 2.32. The first-order valence-electron chi connectivity index (χ1n) is 9.46. The number of rotatable bonds is 6. The summed E-state index contributed by atoms with van der Waals surface area (Å²) in [6.45, 7) is 0.801. The minimum atomic E-state index is -4.38. The van der Waals surface area contributed by atoms with E-state index in [2.05, 4.69) is 15.6 Å². The van der Waals surface area contributed by atoms with E-state index in [1.54, 1.807) is 13.1 Å². The molecule has 2 rings (SSSR count). The van der Waals surface area contributed by atoms with Gasteiger partial charge in [0.2, 0.25) is 0 Å². The average Bonchev–Trinajstić information content (AvgIpc) is 2.64. The van der Waals surface area contributed by atoms with E-state index >= 15 is 0 Å². The van der Waals surface area contributed by atoms with Crippen LogP contribution in [0, 0.1) is 5.92 Å². The molecule has 1 aliphatic heterocycles. The van der Waals surface area contributed by atoms with Crippen molar-refractivity contribution in [2.24, 2.45) is 10.9 Å². The second-order valence-electron chi connectivity index (χ2n) is 7.17. The normalized spacial score (nSPS) is 16.8. The van der Waals surface area contributed by atoms with Gasteiger partial charge in [0.05, 0.1) is 12.1 Å². The van der Waals surface area contributed by atoms with Crippen molar-refractivity contribution in [3.05, 3.63) is 35.4 Å². The molecule has 0 aromatic heterocycles. The molecule has 1 aliphatic rings. The lowest BCUT2D eigenvalue weighted by Crippen LogP contribution is -2.41. The standard InChI is InChI=1S/C19H26F6N4.HI/c1-26-17(28-12-15-3-2-4-16(11-15)19(23,24)25)27-8-5-14-6-9-29(10-7-14)13-18(20,21)22;/h2-4,11,14H,5-10,12-13H2,1H3,(H2,26,27,28);1H. The number of likely N-dealkylation sites (tertiary alicyclic amines) is 1. The van der Waals surface area contributed by atoms with Crippen molar-refractivity contribution in [3.63, 3.8) is 0 Å². The lowest BCUT2D eigenvalue weighted by molar-refractivity contribution is -0.148. The first-order chi connectivity index (χ1) is 13.6. The number of hydrogen-bond donors (Lipinski definition) is 2.